The fourth-order valence-electron chi connectivity index (χ4n) is 4.26. The molecular formula is C26H30FN5O3S. The molecule has 8 nitrogen and oxygen atoms in total. The third kappa shape index (κ3) is 6.07. The van der Waals surface area contributed by atoms with Gasteiger partial charge in [-0.1, -0.05) is 18.2 Å². The van der Waals surface area contributed by atoms with Crippen LogP contribution in [-0.4, -0.2) is 52.5 Å². The number of benzene rings is 1. The van der Waals surface area contributed by atoms with Crippen molar-refractivity contribution in [1.29, 1.82) is 0 Å². The normalized spacial score (nSPS) is 16.4. The molecular weight excluding hydrogens is 481 g/mol. The van der Waals surface area contributed by atoms with Crippen LogP contribution in [0.3, 0.4) is 0 Å². The number of thiophene rings is 1. The van der Waals surface area contributed by atoms with E-state index >= 15 is 0 Å². The van der Waals surface area contributed by atoms with Crippen LogP contribution in [0.25, 0.3) is 10.4 Å². The lowest BCUT2D eigenvalue weighted by Crippen LogP contribution is -2.37. The smallest absolute Gasteiger partial charge is 0.251 e. The Hall–Kier alpha value is -3.34. The molecule has 1 fully saturated rings. The van der Waals surface area contributed by atoms with Gasteiger partial charge in [-0.15, -0.1) is 11.3 Å². The van der Waals surface area contributed by atoms with Gasteiger partial charge in [0.25, 0.3) is 5.91 Å². The standard InChI is InChI=1S/C26H30FN5O3S/c1-15(33)10-16-6-8-19(21(27)11-16)22-12-20(25(28)35)26(36-22)31-23-5-3-4-17(30-23)13-29-14-18-7-9-24(34)32(18)2/h3-6,8,11-12,15,18,29,33H,7,9-10,13-14H2,1-2H3,(H2,28,35)(H,30,31). The number of aromatic nitrogens is 1. The minimum atomic E-state index is -0.626. The van der Waals surface area contributed by atoms with Gasteiger partial charge in [0.15, 0.2) is 0 Å². The number of aliphatic hydroxyl groups excluding tert-OH is 1. The first kappa shape index (κ1) is 25.7. The Labute approximate surface area is 213 Å². The van der Waals surface area contributed by atoms with Crippen LogP contribution in [0.1, 0.15) is 41.4 Å². The third-order valence-corrected chi connectivity index (χ3v) is 7.28. The number of likely N-dealkylation sites (tertiary alicyclic amines) is 1. The molecule has 3 aromatic rings. The number of carbonyl (C=O) groups excluding carboxylic acids is 2. The van der Waals surface area contributed by atoms with Crippen LogP contribution in [-0.2, 0) is 17.8 Å². The summed E-state index contributed by atoms with van der Waals surface area (Å²) in [6.07, 6.45) is 1.22. The zero-order valence-corrected chi connectivity index (χ0v) is 21.1. The molecule has 0 bridgehead atoms. The minimum Gasteiger partial charge on any atom is -0.393 e. The van der Waals surface area contributed by atoms with Crippen LogP contribution in [0, 0.1) is 5.82 Å². The van der Waals surface area contributed by atoms with Crippen molar-refractivity contribution in [2.45, 2.75) is 44.9 Å². The Balaban J connectivity index is 1.47. The maximum absolute atomic E-state index is 14.8. The van der Waals surface area contributed by atoms with Gasteiger partial charge in [0.2, 0.25) is 5.91 Å². The first-order chi connectivity index (χ1) is 17.2. The van der Waals surface area contributed by atoms with Crippen LogP contribution in [0.5, 0.6) is 0 Å². The van der Waals surface area contributed by atoms with Gasteiger partial charge in [-0.05, 0) is 49.6 Å². The first-order valence-corrected chi connectivity index (χ1v) is 12.6. The lowest BCUT2D eigenvalue weighted by atomic mass is 10.0. The second-order valence-electron chi connectivity index (χ2n) is 9.05. The molecule has 36 heavy (non-hydrogen) atoms. The highest BCUT2D eigenvalue weighted by Gasteiger charge is 2.26. The third-order valence-electron chi connectivity index (χ3n) is 6.19. The number of nitrogens with two attached hydrogens (primary N) is 1. The molecule has 0 spiro atoms. The molecule has 2 atom stereocenters. The van der Waals surface area contributed by atoms with E-state index in [4.69, 9.17) is 5.73 Å². The molecule has 2 aromatic heterocycles. The molecule has 0 radical (unpaired) electrons. The molecule has 3 heterocycles. The second-order valence-corrected chi connectivity index (χ2v) is 10.1. The number of primary amides is 1. The quantitative estimate of drug-likeness (QED) is 0.331. The molecule has 0 saturated carbocycles. The van der Waals surface area contributed by atoms with E-state index in [2.05, 4.69) is 15.6 Å². The molecule has 1 aromatic carbocycles. The fourth-order valence-corrected chi connectivity index (χ4v) is 5.36. The topological polar surface area (TPSA) is 121 Å². The van der Waals surface area contributed by atoms with Crippen LogP contribution in [0.2, 0.25) is 0 Å². The summed E-state index contributed by atoms with van der Waals surface area (Å²) in [6.45, 7) is 2.86. The highest BCUT2D eigenvalue weighted by Crippen LogP contribution is 2.38. The van der Waals surface area contributed by atoms with E-state index in [9.17, 15) is 19.1 Å². The van der Waals surface area contributed by atoms with E-state index in [1.54, 1.807) is 36.1 Å². The number of carbonyl (C=O) groups is 2. The summed E-state index contributed by atoms with van der Waals surface area (Å²) < 4.78 is 14.8. The number of aliphatic hydroxyl groups is 1. The Bertz CT molecular complexity index is 1260. The van der Waals surface area contributed by atoms with Gasteiger partial charge in [-0.3, -0.25) is 9.59 Å². The highest BCUT2D eigenvalue weighted by atomic mass is 32.1. The van der Waals surface area contributed by atoms with E-state index < -0.39 is 17.8 Å². The molecule has 5 N–H and O–H groups in total. The summed E-state index contributed by atoms with van der Waals surface area (Å²) in [6, 6.07) is 12.1. The molecule has 4 rings (SSSR count). The van der Waals surface area contributed by atoms with Gasteiger partial charge in [0.05, 0.1) is 17.4 Å². The molecule has 0 aliphatic carbocycles. The number of pyridine rings is 1. The summed E-state index contributed by atoms with van der Waals surface area (Å²) in [5.74, 6) is -0.356. The van der Waals surface area contributed by atoms with E-state index in [-0.39, 0.29) is 17.5 Å². The Morgan fingerprint density at radius 3 is 2.81 bits per heavy atom. The average Bonchev–Trinajstić information content (AvgIpc) is 3.37. The number of likely N-dealkylation sites (N-methyl/N-ethyl adjacent to an activating group) is 1. The van der Waals surface area contributed by atoms with Crippen molar-refractivity contribution >= 4 is 34.0 Å². The molecule has 2 unspecified atom stereocenters. The molecule has 1 saturated heterocycles. The monoisotopic (exact) mass is 511 g/mol. The van der Waals surface area contributed by atoms with Crippen molar-refractivity contribution in [3.63, 3.8) is 0 Å². The van der Waals surface area contributed by atoms with Crippen molar-refractivity contribution in [2.75, 3.05) is 18.9 Å². The Morgan fingerprint density at radius 2 is 2.14 bits per heavy atom. The van der Waals surface area contributed by atoms with Gasteiger partial charge in [-0.25, -0.2) is 9.37 Å². The maximum Gasteiger partial charge on any atom is 0.251 e. The van der Waals surface area contributed by atoms with Gasteiger partial charge in [0, 0.05) is 43.0 Å². The van der Waals surface area contributed by atoms with E-state index in [0.717, 1.165) is 12.1 Å². The van der Waals surface area contributed by atoms with Gasteiger partial charge in [0.1, 0.15) is 16.6 Å². The first-order valence-electron chi connectivity index (χ1n) is 11.8. The predicted molar refractivity (Wildman–Crippen MR) is 139 cm³/mol. The number of nitrogens with one attached hydrogen (secondary N) is 2. The van der Waals surface area contributed by atoms with Crippen LogP contribution < -0.4 is 16.4 Å². The molecule has 190 valence electrons. The molecule has 1 aliphatic heterocycles. The summed E-state index contributed by atoms with van der Waals surface area (Å²) in [4.78, 5) is 30.7. The number of nitrogens with zero attached hydrogens (tertiary/aromatic N) is 2. The number of rotatable bonds is 10. The van der Waals surface area contributed by atoms with Gasteiger partial charge >= 0.3 is 0 Å². The van der Waals surface area contributed by atoms with Crippen LogP contribution in [0.4, 0.5) is 15.2 Å². The number of halogens is 1. The molecule has 10 heteroatoms. The van der Waals surface area contributed by atoms with E-state index in [1.807, 2.05) is 19.2 Å². The molecule has 1 aliphatic rings. The van der Waals surface area contributed by atoms with Crippen LogP contribution in [0.15, 0.2) is 42.5 Å². The Morgan fingerprint density at radius 1 is 1.33 bits per heavy atom. The van der Waals surface area contributed by atoms with E-state index in [0.29, 0.717) is 52.8 Å². The Kier molecular flexibility index (Phi) is 7.97. The molecule has 2 amide bonds. The number of hydrogen-bond donors (Lipinski definition) is 4. The largest absolute Gasteiger partial charge is 0.393 e. The van der Waals surface area contributed by atoms with Crippen molar-refractivity contribution in [1.82, 2.24) is 15.2 Å². The lowest BCUT2D eigenvalue weighted by Gasteiger charge is -2.20. The zero-order chi connectivity index (χ0) is 25.8. The highest BCUT2D eigenvalue weighted by molar-refractivity contribution is 7.19. The van der Waals surface area contributed by atoms with Crippen molar-refractivity contribution in [3.8, 4) is 10.4 Å². The van der Waals surface area contributed by atoms with Crippen molar-refractivity contribution in [3.05, 3.63) is 65.1 Å². The predicted octanol–water partition coefficient (Wildman–Crippen LogP) is 3.43. The van der Waals surface area contributed by atoms with Gasteiger partial charge < -0.3 is 26.4 Å². The maximum atomic E-state index is 14.8. The van der Waals surface area contributed by atoms with E-state index in [1.165, 1.54) is 17.4 Å². The fraction of sp³-hybridized carbons (Fsp3) is 0.346. The van der Waals surface area contributed by atoms with Crippen molar-refractivity contribution < 1.29 is 19.1 Å². The SMILES string of the molecule is CC(O)Cc1ccc(-c2cc(C(N)=O)c(Nc3cccc(CNCC4CCC(=O)N4C)n3)s2)c(F)c1. The average molecular weight is 512 g/mol. The summed E-state index contributed by atoms with van der Waals surface area (Å²) >= 11 is 1.22. The van der Waals surface area contributed by atoms with Crippen LogP contribution >= 0.6 is 11.3 Å². The number of amides is 2. The number of anilines is 2. The minimum absolute atomic E-state index is 0.169. The summed E-state index contributed by atoms with van der Waals surface area (Å²) in [7, 11) is 1.83. The summed E-state index contributed by atoms with van der Waals surface area (Å²) in [5.41, 5.74) is 7.69. The second kappa shape index (κ2) is 11.2. The van der Waals surface area contributed by atoms with Crippen molar-refractivity contribution in [2.24, 2.45) is 5.73 Å². The van der Waals surface area contributed by atoms with Gasteiger partial charge in [-0.2, -0.15) is 0 Å². The lowest BCUT2D eigenvalue weighted by molar-refractivity contribution is -0.127. The zero-order valence-electron chi connectivity index (χ0n) is 20.3. The summed E-state index contributed by atoms with van der Waals surface area (Å²) in [5, 5.41) is 16.5. The number of hydrogen-bond acceptors (Lipinski definition) is 7.